The molecule has 1 amide bonds. The van der Waals surface area contributed by atoms with Crippen LogP contribution in [0.25, 0.3) is 0 Å². The molecule has 2 aromatic carbocycles. The fourth-order valence-electron chi connectivity index (χ4n) is 1.67. The Hall–Kier alpha value is -2.80. The first kappa shape index (κ1) is 15.6. The van der Waals surface area contributed by atoms with E-state index in [0.717, 1.165) is 0 Å². The molecule has 0 radical (unpaired) electrons. The summed E-state index contributed by atoms with van der Waals surface area (Å²) >= 11 is 4.98. The zero-order chi connectivity index (χ0) is 16.1. The molecule has 0 heterocycles. The average molecular weight is 318 g/mol. The molecular weight excluding hydrogens is 307 g/mol. The number of aromatic carboxylic acids is 1. The van der Waals surface area contributed by atoms with E-state index in [-0.39, 0.29) is 16.2 Å². The van der Waals surface area contributed by atoms with Crippen LogP contribution in [0.1, 0.15) is 20.7 Å². The molecule has 22 heavy (non-hydrogen) atoms. The zero-order valence-electron chi connectivity index (χ0n) is 11.2. The Bertz CT molecular complexity index is 732. The molecule has 2 aromatic rings. The maximum Gasteiger partial charge on any atom is 0.335 e. The van der Waals surface area contributed by atoms with E-state index >= 15 is 0 Å². The van der Waals surface area contributed by atoms with Gasteiger partial charge in [-0.2, -0.15) is 0 Å². The van der Waals surface area contributed by atoms with Gasteiger partial charge < -0.3 is 10.4 Å². The fourth-order valence-corrected chi connectivity index (χ4v) is 1.88. The van der Waals surface area contributed by atoms with E-state index in [0.29, 0.717) is 5.69 Å². The van der Waals surface area contributed by atoms with Gasteiger partial charge in [-0.15, -0.1) is 0 Å². The summed E-state index contributed by atoms with van der Waals surface area (Å²) in [5, 5.41) is 14.0. The highest BCUT2D eigenvalue weighted by molar-refractivity contribution is 7.80. The molecule has 0 bridgehead atoms. The van der Waals surface area contributed by atoms with Crippen molar-refractivity contribution in [1.82, 2.24) is 5.32 Å². The van der Waals surface area contributed by atoms with Crippen molar-refractivity contribution in [1.29, 1.82) is 0 Å². The van der Waals surface area contributed by atoms with Gasteiger partial charge in [0.2, 0.25) is 0 Å². The van der Waals surface area contributed by atoms with Crippen molar-refractivity contribution < 1.29 is 19.1 Å². The van der Waals surface area contributed by atoms with Crippen LogP contribution in [0.2, 0.25) is 0 Å². The summed E-state index contributed by atoms with van der Waals surface area (Å²) in [5.74, 6) is -2.00. The van der Waals surface area contributed by atoms with E-state index < -0.39 is 17.7 Å². The monoisotopic (exact) mass is 318 g/mol. The molecule has 0 unspecified atom stereocenters. The maximum absolute atomic E-state index is 12.8. The third-order valence-electron chi connectivity index (χ3n) is 2.70. The Balaban J connectivity index is 2.01. The van der Waals surface area contributed by atoms with Crippen LogP contribution in [0.4, 0.5) is 10.1 Å². The van der Waals surface area contributed by atoms with Crippen LogP contribution in [0.5, 0.6) is 0 Å². The molecule has 0 atom stereocenters. The first-order valence-electron chi connectivity index (χ1n) is 6.17. The van der Waals surface area contributed by atoms with Crippen LogP contribution < -0.4 is 10.6 Å². The second-order valence-corrected chi connectivity index (χ2v) is 4.71. The summed E-state index contributed by atoms with van der Waals surface area (Å²) in [6, 6.07) is 11.0. The maximum atomic E-state index is 12.8. The molecule has 5 nitrogen and oxygen atoms in total. The number of halogens is 1. The lowest BCUT2D eigenvalue weighted by atomic mass is 10.2. The third-order valence-corrected chi connectivity index (χ3v) is 2.90. The van der Waals surface area contributed by atoms with Crippen LogP contribution in [0, 0.1) is 5.82 Å². The zero-order valence-corrected chi connectivity index (χ0v) is 12.0. The van der Waals surface area contributed by atoms with Gasteiger partial charge in [0.25, 0.3) is 5.91 Å². The predicted molar refractivity (Wildman–Crippen MR) is 83.5 cm³/mol. The normalized spacial score (nSPS) is 9.86. The van der Waals surface area contributed by atoms with E-state index in [1.165, 1.54) is 36.4 Å². The van der Waals surface area contributed by atoms with Crippen molar-refractivity contribution in [3.63, 3.8) is 0 Å². The minimum Gasteiger partial charge on any atom is -0.478 e. The van der Waals surface area contributed by atoms with Crippen LogP contribution >= 0.6 is 12.2 Å². The first-order valence-corrected chi connectivity index (χ1v) is 6.58. The summed E-state index contributed by atoms with van der Waals surface area (Å²) in [7, 11) is 0. The lowest BCUT2D eigenvalue weighted by molar-refractivity contribution is 0.0696. The minimum atomic E-state index is -1.06. The van der Waals surface area contributed by atoms with Gasteiger partial charge in [0, 0.05) is 11.3 Å². The smallest absolute Gasteiger partial charge is 0.335 e. The number of hydrogen-bond donors (Lipinski definition) is 3. The first-order chi connectivity index (χ1) is 10.5. The summed E-state index contributed by atoms with van der Waals surface area (Å²) in [4.78, 5) is 22.7. The number of carbonyl (C=O) groups is 2. The molecule has 0 aliphatic rings. The second kappa shape index (κ2) is 6.77. The van der Waals surface area contributed by atoms with Crippen LogP contribution in [-0.2, 0) is 0 Å². The molecule has 3 N–H and O–H groups in total. The van der Waals surface area contributed by atoms with Crippen LogP contribution in [0.15, 0.2) is 48.5 Å². The number of carboxylic acids is 1. The number of hydrogen-bond acceptors (Lipinski definition) is 3. The Kier molecular flexibility index (Phi) is 4.80. The number of rotatable bonds is 3. The van der Waals surface area contributed by atoms with Crippen molar-refractivity contribution in [3.8, 4) is 0 Å². The summed E-state index contributed by atoms with van der Waals surface area (Å²) in [6.45, 7) is 0. The molecule has 112 valence electrons. The summed E-state index contributed by atoms with van der Waals surface area (Å²) in [5.41, 5.74) is 0.784. The predicted octanol–water partition coefficient (Wildman–Crippen LogP) is 2.65. The number of nitrogens with one attached hydrogen (secondary N) is 2. The van der Waals surface area contributed by atoms with E-state index in [1.807, 2.05) is 0 Å². The molecule has 0 aliphatic carbocycles. The largest absolute Gasteiger partial charge is 0.478 e. The van der Waals surface area contributed by atoms with Gasteiger partial charge in [0.1, 0.15) is 5.82 Å². The van der Waals surface area contributed by atoms with Gasteiger partial charge in [0.05, 0.1) is 5.56 Å². The Labute approximate surface area is 130 Å². The summed E-state index contributed by atoms with van der Waals surface area (Å²) < 4.78 is 12.8. The van der Waals surface area contributed by atoms with E-state index in [1.54, 1.807) is 12.1 Å². The van der Waals surface area contributed by atoms with Crippen molar-refractivity contribution in [2.75, 3.05) is 5.32 Å². The quantitative estimate of drug-likeness (QED) is 0.758. The number of thiocarbonyl (C=S) groups is 1. The van der Waals surface area contributed by atoms with Crippen LogP contribution in [0.3, 0.4) is 0 Å². The minimum absolute atomic E-state index is 0.0110. The Morgan fingerprint density at radius 2 is 1.73 bits per heavy atom. The van der Waals surface area contributed by atoms with Crippen molar-refractivity contribution in [2.24, 2.45) is 0 Å². The number of anilines is 1. The number of amides is 1. The highest BCUT2D eigenvalue weighted by Crippen LogP contribution is 2.10. The topological polar surface area (TPSA) is 78.4 Å². The van der Waals surface area contributed by atoms with Crippen molar-refractivity contribution in [2.45, 2.75) is 0 Å². The molecular formula is C15H11FN2O3S. The van der Waals surface area contributed by atoms with E-state index in [9.17, 15) is 14.0 Å². The van der Waals surface area contributed by atoms with Gasteiger partial charge in [-0.3, -0.25) is 10.1 Å². The molecule has 0 spiro atoms. The third kappa shape index (κ3) is 4.10. The average Bonchev–Trinajstić information content (AvgIpc) is 2.47. The molecule has 7 heteroatoms. The van der Waals surface area contributed by atoms with E-state index in [4.69, 9.17) is 17.3 Å². The molecule has 2 rings (SSSR count). The van der Waals surface area contributed by atoms with Crippen LogP contribution in [-0.4, -0.2) is 22.1 Å². The van der Waals surface area contributed by atoms with Crippen molar-refractivity contribution >= 4 is 34.9 Å². The fraction of sp³-hybridized carbons (Fsp3) is 0. The van der Waals surface area contributed by atoms with Gasteiger partial charge in [0.15, 0.2) is 5.11 Å². The number of carbonyl (C=O) groups excluding carboxylic acids is 1. The highest BCUT2D eigenvalue weighted by Gasteiger charge is 2.09. The number of benzene rings is 2. The van der Waals surface area contributed by atoms with Gasteiger partial charge in [-0.1, -0.05) is 6.07 Å². The van der Waals surface area contributed by atoms with Crippen molar-refractivity contribution in [3.05, 3.63) is 65.5 Å². The second-order valence-electron chi connectivity index (χ2n) is 4.30. The van der Waals surface area contributed by atoms with E-state index in [2.05, 4.69) is 10.6 Å². The van der Waals surface area contributed by atoms with Gasteiger partial charge >= 0.3 is 5.97 Å². The molecule has 0 saturated heterocycles. The Morgan fingerprint density at radius 1 is 1.05 bits per heavy atom. The lowest BCUT2D eigenvalue weighted by Crippen LogP contribution is -2.34. The summed E-state index contributed by atoms with van der Waals surface area (Å²) in [6.07, 6.45) is 0. The molecule has 0 aliphatic heterocycles. The standard InChI is InChI=1S/C15H11FN2O3S/c16-11-6-4-9(5-7-11)13(19)18-15(22)17-12-3-1-2-10(8-12)14(20)21/h1-8H,(H,20,21)(H2,17,18,19,22). The lowest BCUT2D eigenvalue weighted by Gasteiger charge is -2.10. The number of carboxylic acid groups (broad SMARTS) is 1. The van der Waals surface area contributed by atoms with Gasteiger partial charge in [-0.25, -0.2) is 9.18 Å². The van der Waals surface area contributed by atoms with Gasteiger partial charge in [-0.05, 0) is 54.7 Å². The molecule has 0 fully saturated rings. The highest BCUT2D eigenvalue weighted by atomic mass is 32.1. The SMILES string of the molecule is O=C(O)c1cccc(NC(=S)NC(=O)c2ccc(F)cc2)c1. The molecule has 0 aromatic heterocycles. The Morgan fingerprint density at radius 3 is 2.36 bits per heavy atom. The molecule has 0 saturated carbocycles.